The molecule has 1 aromatic rings. The second-order valence-electron chi connectivity index (χ2n) is 3.24. The second kappa shape index (κ2) is 5.51. The Kier molecular flexibility index (Phi) is 4.31. The highest BCUT2D eigenvalue weighted by molar-refractivity contribution is 6.30. The Bertz CT molecular complexity index is 389. The lowest BCUT2D eigenvalue weighted by atomic mass is 10.1. The molecular weight excluding hydrogens is 230 g/mol. The normalized spacial score (nSPS) is 11.7. The fourth-order valence-corrected chi connectivity index (χ4v) is 1.19. The number of amides is 1. The van der Waals surface area contributed by atoms with Crippen molar-refractivity contribution in [3.05, 3.63) is 29.3 Å². The summed E-state index contributed by atoms with van der Waals surface area (Å²) in [5.74, 6) is -1.80. The van der Waals surface area contributed by atoms with E-state index in [1.807, 2.05) is 0 Å². The smallest absolute Gasteiger partial charge is 0.317 e. The third-order valence-electron chi connectivity index (χ3n) is 2.06. The molecule has 0 aliphatic rings. The maximum atomic E-state index is 11.6. The Balaban J connectivity index is 2.64. The zero-order valence-electron chi connectivity index (χ0n) is 8.99. The van der Waals surface area contributed by atoms with Crippen LogP contribution in [0, 0.1) is 5.92 Å². The lowest BCUT2D eigenvalue weighted by molar-refractivity contribution is -0.147. The number of ether oxygens (including phenoxy) is 1. The van der Waals surface area contributed by atoms with Crippen molar-refractivity contribution in [2.24, 2.45) is 5.92 Å². The van der Waals surface area contributed by atoms with Gasteiger partial charge in [0.2, 0.25) is 5.91 Å². The number of hydrogen-bond acceptors (Lipinski definition) is 3. The molecule has 0 spiro atoms. The molecule has 16 heavy (non-hydrogen) atoms. The van der Waals surface area contributed by atoms with Crippen molar-refractivity contribution < 1.29 is 14.3 Å². The van der Waals surface area contributed by atoms with Gasteiger partial charge >= 0.3 is 5.97 Å². The van der Waals surface area contributed by atoms with Crippen LogP contribution in [-0.2, 0) is 14.3 Å². The fourth-order valence-electron chi connectivity index (χ4n) is 1.07. The number of rotatable bonds is 3. The highest BCUT2D eigenvalue weighted by Crippen LogP contribution is 2.14. The number of benzene rings is 1. The van der Waals surface area contributed by atoms with E-state index in [1.54, 1.807) is 24.3 Å². The fraction of sp³-hybridized carbons (Fsp3) is 0.273. The van der Waals surface area contributed by atoms with Crippen molar-refractivity contribution in [2.45, 2.75) is 6.92 Å². The van der Waals surface area contributed by atoms with E-state index in [1.165, 1.54) is 14.0 Å². The van der Waals surface area contributed by atoms with Gasteiger partial charge < -0.3 is 10.1 Å². The highest BCUT2D eigenvalue weighted by Gasteiger charge is 2.21. The van der Waals surface area contributed by atoms with E-state index in [-0.39, 0.29) is 0 Å². The van der Waals surface area contributed by atoms with Crippen LogP contribution in [0.2, 0.25) is 5.02 Å². The number of carbonyl (C=O) groups is 2. The summed E-state index contributed by atoms with van der Waals surface area (Å²) in [6.45, 7) is 1.48. The Morgan fingerprint density at radius 2 is 1.88 bits per heavy atom. The van der Waals surface area contributed by atoms with Crippen molar-refractivity contribution in [2.75, 3.05) is 12.4 Å². The maximum absolute atomic E-state index is 11.6. The van der Waals surface area contributed by atoms with E-state index in [0.717, 1.165) is 0 Å². The van der Waals surface area contributed by atoms with Crippen LogP contribution in [0.1, 0.15) is 6.92 Å². The van der Waals surface area contributed by atoms with Gasteiger partial charge in [0, 0.05) is 10.7 Å². The molecule has 4 nitrogen and oxygen atoms in total. The minimum absolute atomic E-state index is 0.408. The summed E-state index contributed by atoms with van der Waals surface area (Å²) in [7, 11) is 1.24. The summed E-state index contributed by atoms with van der Waals surface area (Å²) in [4.78, 5) is 22.6. The minimum atomic E-state index is -0.833. The third-order valence-corrected chi connectivity index (χ3v) is 2.31. The van der Waals surface area contributed by atoms with E-state index in [2.05, 4.69) is 10.1 Å². The van der Waals surface area contributed by atoms with Gasteiger partial charge in [0.1, 0.15) is 5.92 Å². The van der Waals surface area contributed by atoms with E-state index in [0.29, 0.717) is 10.7 Å². The molecular formula is C11H12ClNO3. The van der Waals surface area contributed by atoms with Gasteiger partial charge in [-0.3, -0.25) is 9.59 Å². The summed E-state index contributed by atoms with van der Waals surface area (Å²) >= 11 is 5.70. The van der Waals surface area contributed by atoms with Crippen LogP contribution in [-0.4, -0.2) is 19.0 Å². The zero-order chi connectivity index (χ0) is 12.1. The molecule has 1 N–H and O–H groups in total. The molecule has 0 saturated carbocycles. The topological polar surface area (TPSA) is 55.4 Å². The lowest BCUT2D eigenvalue weighted by Crippen LogP contribution is -2.28. The van der Waals surface area contributed by atoms with Gasteiger partial charge in [0.25, 0.3) is 0 Å². The Morgan fingerprint density at radius 3 is 2.38 bits per heavy atom. The molecule has 0 aliphatic heterocycles. The van der Waals surface area contributed by atoms with Crippen LogP contribution in [0.4, 0.5) is 5.69 Å². The van der Waals surface area contributed by atoms with Gasteiger partial charge in [0.15, 0.2) is 0 Å². The maximum Gasteiger partial charge on any atom is 0.317 e. The quantitative estimate of drug-likeness (QED) is 0.651. The van der Waals surface area contributed by atoms with Gasteiger partial charge in [-0.15, -0.1) is 0 Å². The van der Waals surface area contributed by atoms with Gasteiger partial charge in [0.05, 0.1) is 7.11 Å². The predicted molar refractivity (Wildman–Crippen MR) is 61.3 cm³/mol. The molecule has 0 aromatic heterocycles. The summed E-state index contributed by atoms with van der Waals surface area (Å²) < 4.78 is 4.47. The Hall–Kier alpha value is -1.55. The molecule has 0 fully saturated rings. The first-order valence-electron chi connectivity index (χ1n) is 4.69. The number of esters is 1. The molecule has 0 bridgehead atoms. The van der Waals surface area contributed by atoms with Gasteiger partial charge in [-0.25, -0.2) is 0 Å². The van der Waals surface area contributed by atoms with Crippen molar-refractivity contribution in [1.82, 2.24) is 0 Å². The van der Waals surface area contributed by atoms with Crippen molar-refractivity contribution in [1.29, 1.82) is 0 Å². The molecule has 0 radical (unpaired) electrons. The largest absolute Gasteiger partial charge is 0.468 e. The first-order valence-corrected chi connectivity index (χ1v) is 5.06. The van der Waals surface area contributed by atoms with Crippen LogP contribution >= 0.6 is 11.6 Å². The van der Waals surface area contributed by atoms with Gasteiger partial charge in [-0.05, 0) is 31.2 Å². The molecule has 86 valence electrons. The summed E-state index contributed by atoms with van der Waals surface area (Å²) in [6, 6.07) is 6.62. The average molecular weight is 242 g/mol. The molecule has 1 unspecified atom stereocenters. The van der Waals surface area contributed by atoms with Crippen LogP contribution in [0.3, 0.4) is 0 Å². The Morgan fingerprint density at radius 1 is 1.31 bits per heavy atom. The van der Waals surface area contributed by atoms with E-state index in [9.17, 15) is 9.59 Å². The Labute approximate surface area is 98.5 Å². The van der Waals surface area contributed by atoms with Crippen LogP contribution < -0.4 is 5.32 Å². The molecule has 5 heteroatoms. The van der Waals surface area contributed by atoms with E-state index in [4.69, 9.17) is 11.6 Å². The predicted octanol–water partition coefficient (Wildman–Crippen LogP) is 2.09. The number of anilines is 1. The molecule has 0 aliphatic carbocycles. The highest BCUT2D eigenvalue weighted by atomic mass is 35.5. The first kappa shape index (κ1) is 12.5. The molecule has 1 atom stereocenters. The molecule has 1 amide bonds. The number of nitrogens with one attached hydrogen (secondary N) is 1. The zero-order valence-corrected chi connectivity index (χ0v) is 9.75. The van der Waals surface area contributed by atoms with Crippen molar-refractivity contribution in [3.8, 4) is 0 Å². The SMILES string of the molecule is COC(=O)C(C)C(=O)Nc1ccc(Cl)cc1. The molecule has 1 rings (SSSR count). The minimum Gasteiger partial charge on any atom is -0.468 e. The van der Waals surface area contributed by atoms with Crippen LogP contribution in [0.15, 0.2) is 24.3 Å². The lowest BCUT2D eigenvalue weighted by Gasteiger charge is -2.09. The number of carbonyl (C=O) groups excluding carboxylic acids is 2. The van der Waals surface area contributed by atoms with E-state index >= 15 is 0 Å². The summed E-state index contributed by atoms with van der Waals surface area (Å²) in [5, 5.41) is 3.17. The monoisotopic (exact) mass is 241 g/mol. The van der Waals surface area contributed by atoms with Crippen molar-refractivity contribution in [3.63, 3.8) is 0 Å². The third kappa shape index (κ3) is 3.24. The standard InChI is InChI=1S/C11H12ClNO3/c1-7(11(15)16-2)10(14)13-9-5-3-8(12)4-6-9/h3-7H,1-2H3,(H,13,14). The molecule has 0 heterocycles. The second-order valence-corrected chi connectivity index (χ2v) is 3.68. The average Bonchev–Trinajstić information content (AvgIpc) is 2.30. The van der Waals surface area contributed by atoms with Gasteiger partial charge in [-0.1, -0.05) is 11.6 Å². The van der Waals surface area contributed by atoms with Crippen LogP contribution in [0.5, 0.6) is 0 Å². The van der Waals surface area contributed by atoms with Crippen LogP contribution in [0.25, 0.3) is 0 Å². The molecule has 0 saturated heterocycles. The van der Waals surface area contributed by atoms with Crippen molar-refractivity contribution >= 4 is 29.2 Å². The number of hydrogen-bond donors (Lipinski definition) is 1. The number of methoxy groups -OCH3 is 1. The first-order chi connectivity index (χ1) is 7.54. The molecule has 1 aromatic carbocycles. The van der Waals surface area contributed by atoms with Gasteiger partial charge in [-0.2, -0.15) is 0 Å². The summed E-state index contributed by atoms with van der Waals surface area (Å²) in [5.41, 5.74) is 0.588. The van der Waals surface area contributed by atoms with E-state index < -0.39 is 17.8 Å². The summed E-state index contributed by atoms with van der Waals surface area (Å²) in [6.07, 6.45) is 0. The number of halogens is 1.